The van der Waals surface area contributed by atoms with E-state index in [1.54, 1.807) is 0 Å². The van der Waals surface area contributed by atoms with E-state index < -0.39 is 0 Å². The lowest BCUT2D eigenvalue weighted by atomic mass is 10.3. The molecular formula is C14H17N3O3. The standard InChI is InChI=1S/C14H17N3O3/c1-11(18)20-10-12-8-17-9-13(2-3-14(17)15-12)16-4-6-19-7-5-16/h2-3,8-9H,4-7,10H2,1H3. The van der Waals surface area contributed by atoms with Gasteiger partial charge in [0.25, 0.3) is 0 Å². The van der Waals surface area contributed by atoms with E-state index in [1.165, 1.54) is 6.92 Å². The van der Waals surface area contributed by atoms with Crippen molar-refractivity contribution < 1.29 is 14.3 Å². The first-order chi connectivity index (χ1) is 9.72. The molecule has 1 fully saturated rings. The number of carbonyl (C=O) groups is 1. The smallest absolute Gasteiger partial charge is 0.303 e. The van der Waals surface area contributed by atoms with Crippen molar-refractivity contribution in [1.82, 2.24) is 9.38 Å². The van der Waals surface area contributed by atoms with Crippen molar-refractivity contribution in [3.63, 3.8) is 0 Å². The zero-order valence-corrected chi connectivity index (χ0v) is 11.4. The molecule has 1 aliphatic heterocycles. The van der Waals surface area contributed by atoms with Gasteiger partial charge in [0.15, 0.2) is 0 Å². The summed E-state index contributed by atoms with van der Waals surface area (Å²) in [7, 11) is 0. The third-order valence-electron chi connectivity index (χ3n) is 3.28. The third-order valence-corrected chi connectivity index (χ3v) is 3.28. The van der Waals surface area contributed by atoms with Crippen LogP contribution in [-0.4, -0.2) is 41.7 Å². The van der Waals surface area contributed by atoms with Gasteiger partial charge < -0.3 is 18.8 Å². The van der Waals surface area contributed by atoms with Crippen LogP contribution in [0.1, 0.15) is 12.6 Å². The van der Waals surface area contributed by atoms with Gasteiger partial charge >= 0.3 is 5.97 Å². The van der Waals surface area contributed by atoms with Crippen LogP contribution >= 0.6 is 0 Å². The van der Waals surface area contributed by atoms with Gasteiger partial charge in [0.05, 0.1) is 24.6 Å². The minimum atomic E-state index is -0.295. The molecule has 0 N–H and O–H groups in total. The Labute approximate surface area is 116 Å². The fourth-order valence-electron chi connectivity index (χ4n) is 2.29. The Morgan fingerprint density at radius 3 is 2.90 bits per heavy atom. The van der Waals surface area contributed by atoms with Crippen molar-refractivity contribution in [3.8, 4) is 0 Å². The first-order valence-corrected chi connectivity index (χ1v) is 6.66. The molecule has 20 heavy (non-hydrogen) atoms. The van der Waals surface area contributed by atoms with Gasteiger partial charge in [-0.05, 0) is 12.1 Å². The summed E-state index contributed by atoms with van der Waals surface area (Å²) in [6, 6.07) is 4.03. The summed E-state index contributed by atoms with van der Waals surface area (Å²) < 4.78 is 12.3. The highest BCUT2D eigenvalue weighted by Crippen LogP contribution is 2.17. The molecule has 0 saturated carbocycles. The molecule has 2 aromatic heterocycles. The van der Waals surface area contributed by atoms with Crippen LogP contribution in [0.25, 0.3) is 5.65 Å². The normalized spacial score (nSPS) is 15.6. The van der Waals surface area contributed by atoms with Gasteiger partial charge in [-0.1, -0.05) is 0 Å². The number of aromatic nitrogens is 2. The molecule has 3 heterocycles. The van der Waals surface area contributed by atoms with Gasteiger partial charge in [-0.2, -0.15) is 0 Å². The number of morpholine rings is 1. The fourth-order valence-corrected chi connectivity index (χ4v) is 2.29. The molecule has 0 bridgehead atoms. The lowest BCUT2D eigenvalue weighted by Gasteiger charge is -2.28. The second-order valence-electron chi connectivity index (χ2n) is 4.76. The molecule has 3 rings (SSSR count). The fraction of sp³-hybridized carbons (Fsp3) is 0.429. The van der Waals surface area contributed by atoms with Crippen LogP contribution in [0, 0.1) is 0 Å². The molecule has 0 atom stereocenters. The molecule has 6 nitrogen and oxygen atoms in total. The number of imidazole rings is 1. The predicted octanol–water partition coefficient (Wildman–Crippen LogP) is 1.23. The number of esters is 1. The van der Waals surface area contributed by atoms with E-state index in [2.05, 4.69) is 16.0 Å². The monoisotopic (exact) mass is 275 g/mol. The van der Waals surface area contributed by atoms with Crippen molar-refractivity contribution in [2.24, 2.45) is 0 Å². The van der Waals surface area contributed by atoms with Crippen LogP contribution in [0.15, 0.2) is 24.5 Å². The number of fused-ring (bicyclic) bond motifs is 1. The van der Waals surface area contributed by atoms with Crippen LogP contribution < -0.4 is 4.90 Å². The molecule has 0 aromatic carbocycles. The van der Waals surface area contributed by atoms with Gasteiger partial charge in [0.2, 0.25) is 0 Å². The topological polar surface area (TPSA) is 56.1 Å². The van der Waals surface area contributed by atoms with Crippen molar-refractivity contribution in [3.05, 3.63) is 30.2 Å². The molecular weight excluding hydrogens is 258 g/mol. The Kier molecular flexibility index (Phi) is 3.56. The highest BCUT2D eigenvalue weighted by molar-refractivity contribution is 5.65. The highest BCUT2D eigenvalue weighted by Gasteiger charge is 2.12. The summed E-state index contributed by atoms with van der Waals surface area (Å²) in [6.45, 7) is 4.94. The number of ether oxygens (including phenoxy) is 2. The average Bonchev–Trinajstić information content (AvgIpc) is 2.88. The SMILES string of the molecule is CC(=O)OCc1cn2cc(N3CCOCC3)ccc2n1. The summed E-state index contributed by atoms with van der Waals surface area (Å²) in [4.78, 5) is 17.5. The number of hydrogen-bond acceptors (Lipinski definition) is 5. The Balaban J connectivity index is 1.81. The number of nitrogens with zero attached hydrogens (tertiary/aromatic N) is 3. The first kappa shape index (κ1) is 12.9. The van der Waals surface area contributed by atoms with Gasteiger partial charge in [-0.3, -0.25) is 4.79 Å². The molecule has 0 aliphatic carbocycles. The van der Waals surface area contributed by atoms with Gasteiger partial charge in [0, 0.05) is 32.4 Å². The first-order valence-electron chi connectivity index (χ1n) is 6.66. The van der Waals surface area contributed by atoms with Crippen LogP contribution in [0.5, 0.6) is 0 Å². The highest BCUT2D eigenvalue weighted by atomic mass is 16.5. The Hall–Kier alpha value is -2.08. The van der Waals surface area contributed by atoms with Gasteiger partial charge in [-0.25, -0.2) is 4.98 Å². The zero-order valence-electron chi connectivity index (χ0n) is 11.4. The lowest BCUT2D eigenvalue weighted by Crippen LogP contribution is -2.36. The van der Waals surface area contributed by atoms with E-state index in [0.29, 0.717) is 0 Å². The molecule has 0 radical (unpaired) electrons. The maximum Gasteiger partial charge on any atom is 0.303 e. The van der Waals surface area contributed by atoms with E-state index in [-0.39, 0.29) is 12.6 Å². The maximum atomic E-state index is 10.8. The van der Waals surface area contributed by atoms with Crippen molar-refractivity contribution >= 4 is 17.3 Å². The van der Waals surface area contributed by atoms with Crippen LogP contribution in [0.2, 0.25) is 0 Å². The summed E-state index contributed by atoms with van der Waals surface area (Å²) in [5.74, 6) is -0.295. The van der Waals surface area contributed by atoms with E-state index in [1.807, 2.05) is 22.9 Å². The number of pyridine rings is 1. The van der Waals surface area contributed by atoms with Crippen molar-refractivity contribution in [2.45, 2.75) is 13.5 Å². The van der Waals surface area contributed by atoms with Crippen LogP contribution in [0.3, 0.4) is 0 Å². The predicted molar refractivity (Wildman–Crippen MR) is 73.7 cm³/mol. The van der Waals surface area contributed by atoms with Crippen LogP contribution in [-0.2, 0) is 20.9 Å². The van der Waals surface area contributed by atoms with E-state index in [4.69, 9.17) is 9.47 Å². The van der Waals surface area contributed by atoms with E-state index in [9.17, 15) is 4.79 Å². The molecule has 6 heteroatoms. The molecule has 0 unspecified atom stereocenters. The minimum absolute atomic E-state index is 0.212. The van der Waals surface area contributed by atoms with E-state index >= 15 is 0 Å². The third kappa shape index (κ3) is 2.75. The second kappa shape index (κ2) is 5.50. The molecule has 0 amide bonds. The summed E-state index contributed by atoms with van der Waals surface area (Å²) in [5.41, 5.74) is 2.75. The summed E-state index contributed by atoms with van der Waals surface area (Å²) in [6.07, 6.45) is 3.94. The number of anilines is 1. The molecule has 106 valence electrons. The Morgan fingerprint density at radius 1 is 1.35 bits per heavy atom. The Bertz CT molecular complexity index is 617. The Morgan fingerprint density at radius 2 is 2.15 bits per heavy atom. The van der Waals surface area contributed by atoms with E-state index in [0.717, 1.165) is 43.3 Å². The quantitative estimate of drug-likeness (QED) is 0.789. The summed E-state index contributed by atoms with van der Waals surface area (Å²) in [5, 5.41) is 0. The number of rotatable bonds is 3. The molecule has 1 aliphatic rings. The molecule has 2 aromatic rings. The largest absolute Gasteiger partial charge is 0.459 e. The summed E-state index contributed by atoms with van der Waals surface area (Å²) >= 11 is 0. The van der Waals surface area contributed by atoms with Crippen LogP contribution in [0.4, 0.5) is 5.69 Å². The number of carbonyl (C=O) groups excluding carboxylic acids is 1. The average molecular weight is 275 g/mol. The van der Waals surface area contributed by atoms with Gasteiger partial charge in [0.1, 0.15) is 12.3 Å². The lowest BCUT2D eigenvalue weighted by molar-refractivity contribution is -0.142. The minimum Gasteiger partial charge on any atom is -0.459 e. The van der Waals surface area contributed by atoms with Gasteiger partial charge in [-0.15, -0.1) is 0 Å². The maximum absolute atomic E-state index is 10.8. The zero-order chi connectivity index (χ0) is 13.9. The number of hydrogen-bond donors (Lipinski definition) is 0. The second-order valence-corrected chi connectivity index (χ2v) is 4.76. The molecule has 1 saturated heterocycles. The van der Waals surface area contributed by atoms with Crippen molar-refractivity contribution in [2.75, 3.05) is 31.2 Å². The molecule has 0 spiro atoms. The van der Waals surface area contributed by atoms with Crippen molar-refractivity contribution in [1.29, 1.82) is 0 Å².